The summed E-state index contributed by atoms with van der Waals surface area (Å²) in [7, 11) is 3.44. The zero-order chi connectivity index (χ0) is 16.7. The summed E-state index contributed by atoms with van der Waals surface area (Å²) in [6, 6.07) is 17.5. The van der Waals surface area contributed by atoms with Gasteiger partial charge in [0.15, 0.2) is 0 Å². The van der Waals surface area contributed by atoms with Crippen molar-refractivity contribution in [2.75, 3.05) is 20.7 Å². The second-order valence-corrected chi connectivity index (χ2v) is 5.57. The predicted molar refractivity (Wildman–Crippen MR) is 92.7 cm³/mol. The average molecular weight is 312 g/mol. The summed E-state index contributed by atoms with van der Waals surface area (Å²) in [5.41, 5.74) is 7.58. The lowest BCUT2D eigenvalue weighted by Gasteiger charge is -2.28. The molecule has 0 saturated heterocycles. The molecule has 0 bridgehead atoms. The molecule has 4 heteroatoms. The van der Waals surface area contributed by atoms with Gasteiger partial charge in [0.2, 0.25) is 0 Å². The lowest BCUT2D eigenvalue weighted by molar-refractivity contribution is 0.0725. The lowest BCUT2D eigenvalue weighted by Crippen LogP contribution is -2.39. The van der Waals surface area contributed by atoms with Crippen LogP contribution in [0.25, 0.3) is 0 Å². The molecule has 2 aromatic carbocycles. The molecule has 0 radical (unpaired) electrons. The maximum atomic E-state index is 12.7. The number of ether oxygens (including phenoxy) is 1. The van der Waals surface area contributed by atoms with Crippen molar-refractivity contribution in [3.63, 3.8) is 0 Å². The van der Waals surface area contributed by atoms with Crippen LogP contribution in [0.4, 0.5) is 0 Å². The molecule has 0 aliphatic carbocycles. The summed E-state index contributed by atoms with van der Waals surface area (Å²) >= 11 is 0. The molecule has 23 heavy (non-hydrogen) atoms. The van der Waals surface area contributed by atoms with E-state index in [9.17, 15) is 4.79 Å². The van der Waals surface area contributed by atoms with E-state index < -0.39 is 0 Å². The highest BCUT2D eigenvalue weighted by atomic mass is 16.5. The molecule has 0 aromatic heterocycles. The van der Waals surface area contributed by atoms with E-state index in [0.717, 1.165) is 12.8 Å². The van der Waals surface area contributed by atoms with Crippen molar-refractivity contribution in [1.29, 1.82) is 0 Å². The first-order chi connectivity index (χ1) is 11.2. The molecule has 4 nitrogen and oxygen atoms in total. The van der Waals surface area contributed by atoms with E-state index in [-0.39, 0.29) is 11.9 Å². The van der Waals surface area contributed by atoms with Crippen molar-refractivity contribution in [2.24, 2.45) is 5.73 Å². The lowest BCUT2D eigenvalue weighted by atomic mass is 10.0. The first kappa shape index (κ1) is 17.0. The van der Waals surface area contributed by atoms with Gasteiger partial charge < -0.3 is 15.4 Å². The van der Waals surface area contributed by atoms with Crippen molar-refractivity contribution in [3.8, 4) is 5.75 Å². The number of methoxy groups -OCH3 is 1. The molecular weight excluding hydrogens is 288 g/mol. The Bertz CT molecular complexity index is 628. The number of carbonyl (C=O) groups excluding carboxylic acids is 1. The standard InChI is InChI=1S/C19H24N2O2/c1-21(19(22)16-9-6-10-18(14-16)23-2)17(11-12-20)13-15-7-4-3-5-8-15/h3-10,14,17H,11-13,20H2,1-2H3/t17-/m1/s1. The van der Waals surface area contributed by atoms with E-state index in [2.05, 4.69) is 12.1 Å². The van der Waals surface area contributed by atoms with Crippen LogP contribution >= 0.6 is 0 Å². The first-order valence-electron chi connectivity index (χ1n) is 7.81. The van der Waals surface area contributed by atoms with Gasteiger partial charge in [-0.05, 0) is 43.1 Å². The van der Waals surface area contributed by atoms with Gasteiger partial charge in [0.1, 0.15) is 5.75 Å². The Morgan fingerprint density at radius 1 is 1.17 bits per heavy atom. The van der Waals surface area contributed by atoms with Crippen molar-refractivity contribution >= 4 is 5.91 Å². The van der Waals surface area contributed by atoms with Gasteiger partial charge in [-0.15, -0.1) is 0 Å². The zero-order valence-electron chi connectivity index (χ0n) is 13.7. The Hall–Kier alpha value is -2.33. The Labute approximate surface area is 137 Å². The highest BCUT2D eigenvalue weighted by molar-refractivity contribution is 5.94. The number of nitrogens with two attached hydrogens (primary N) is 1. The van der Waals surface area contributed by atoms with Crippen molar-refractivity contribution in [3.05, 3.63) is 65.7 Å². The summed E-state index contributed by atoms with van der Waals surface area (Å²) in [6.07, 6.45) is 1.56. The van der Waals surface area contributed by atoms with Crippen LogP contribution in [0.5, 0.6) is 5.75 Å². The highest BCUT2D eigenvalue weighted by Gasteiger charge is 2.21. The van der Waals surface area contributed by atoms with E-state index in [1.54, 1.807) is 18.1 Å². The predicted octanol–water partition coefficient (Wildman–Crippen LogP) is 2.73. The number of rotatable bonds is 7. The molecule has 2 aromatic rings. The Kier molecular flexibility index (Phi) is 6.18. The van der Waals surface area contributed by atoms with Gasteiger partial charge in [-0.1, -0.05) is 36.4 Å². The third kappa shape index (κ3) is 4.57. The van der Waals surface area contributed by atoms with Crippen molar-refractivity contribution in [1.82, 2.24) is 4.90 Å². The maximum absolute atomic E-state index is 12.7. The second-order valence-electron chi connectivity index (χ2n) is 5.57. The van der Waals surface area contributed by atoms with Crippen LogP contribution in [-0.2, 0) is 6.42 Å². The number of nitrogens with zero attached hydrogens (tertiary/aromatic N) is 1. The van der Waals surface area contributed by atoms with Gasteiger partial charge in [-0.25, -0.2) is 0 Å². The maximum Gasteiger partial charge on any atom is 0.253 e. The molecule has 0 unspecified atom stereocenters. The average Bonchev–Trinajstić information content (AvgIpc) is 2.61. The van der Waals surface area contributed by atoms with Crippen LogP contribution in [0.2, 0.25) is 0 Å². The first-order valence-corrected chi connectivity index (χ1v) is 7.81. The number of amides is 1. The quantitative estimate of drug-likeness (QED) is 0.855. The highest BCUT2D eigenvalue weighted by Crippen LogP contribution is 2.17. The van der Waals surface area contributed by atoms with E-state index in [1.807, 2.05) is 43.4 Å². The van der Waals surface area contributed by atoms with Gasteiger partial charge in [-0.2, -0.15) is 0 Å². The Balaban J connectivity index is 2.15. The van der Waals surface area contributed by atoms with Crippen LogP contribution in [0.3, 0.4) is 0 Å². The second kappa shape index (κ2) is 8.34. The largest absolute Gasteiger partial charge is 0.497 e. The topological polar surface area (TPSA) is 55.6 Å². The minimum absolute atomic E-state index is 0.0155. The van der Waals surface area contributed by atoms with Crippen molar-refractivity contribution in [2.45, 2.75) is 18.9 Å². The monoisotopic (exact) mass is 312 g/mol. The van der Waals surface area contributed by atoms with Crippen LogP contribution in [0.15, 0.2) is 54.6 Å². The molecule has 1 atom stereocenters. The molecule has 0 fully saturated rings. The molecule has 0 spiro atoms. The fourth-order valence-corrected chi connectivity index (χ4v) is 2.64. The molecule has 0 saturated carbocycles. The third-order valence-corrected chi connectivity index (χ3v) is 4.00. The molecule has 0 aliphatic rings. The zero-order valence-corrected chi connectivity index (χ0v) is 13.7. The van der Waals surface area contributed by atoms with E-state index in [0.29, 0.717) is 17.9 Å². The summed E-state index contributed by atoms with van der Waals surface area (Å²) < 4.78 is 5.20. The van der Waals surface area contributed by atoms with Crippen molar-refractivity contribution < 1.29 is 9.53 Å². The molecule has 0 aliphatic heterocycles. The van der Waals surface area contributed by atoms with Gasteiger partial charge in [0.25, 0.3) is 5.91 Å². The van der Waals surface area contributed by atoms with Gasteiger partial charge in [0.05, 0.1) is 7.11 Å². The number of hydrogen-bond acceptors (Lipinski definition) is 3. The smallest absolute Gasteiger partial charge is 0.253 e. The van der Waals surface area contributed by atoms with E-state index >= 15 is 0 Å². The number of benzene rings is 2. The van der Waals surface area contributed by atoms with Crippen LogP contribution in [0.1, 0.15) is 22.3 Å². The Morgan fingerprint density at radius 3 is 2.57 bits per heavy atom. The van der Waals surface area contributed by atoms with Crippen LogP contribution < -0.4 is 10.5 Å². The SMILES string of the molecule is COc1cccc(C(=O)N(C)[C@H](CCN)Cc2ccccc2)c1. The summed E-state index contributed by atoms with van der Waals surface area (Å²) in [6.45, 7) is 0.549. The minimum Gasteiger partial charge on any atom is -0.497 e. The number of likely N-dealkylation sites (N-methyl/N-ethyl adjacent to an activating group) is 1. The molecular formula is C19H24N2O2. The van der Waals surface area contributed by atoms with Crippen LogP contribution in [-0.4, -0.2) is 37.6 Å². The van der Waals surface area contributed by atoms with Crippen LogP contribution in [0, 0.1) is 0 Å². The van der Waals surface area contributed by atoms with E-state index in [1.165, 1.54) is 5.56 Å². The fraction of sp³-hybridized carbons (Fsp3) is 0.316. The molecule has 122 valence electrons. The summed E-state index contributed by atoms with van der Waals surface area (Å²) in [5.74, 6) is 0.668. The summed E-state index contributed by atoms with van der Waals surface area (Å²) in [5, 5.41) is 0. The van der Waals surface area contributed by atoms with Gasteiger partial charge >= 0.3 is 0 Å². The van der Waals surface area contributed by atoms with Gasteiger partial charge in [-0.3, -0.25) is 4.79 Å². The third-order valence-electron chi connectivity index (χ3n) is 4.00. The molecule has 1 amide bonds. The number of hydrogen-bond donors (Lipinski definition) is 1. The minimum atomic E-state index is -0.0155. The fourth-order valence-electron chi connectivity index (χ4n) is 2.64. The van der Waals surface area contributed by atoms with Gasteiger partial charge in [0, 0.05) is 18.7 Å². The normalized spacial score (nSPS) is 11.8. The Morgan fingerprint density at radius 2 is 1.91 bits per heavy atom. The summed E-state index contributed by atoms with van der Waals surface area (Å²) in [4.78, 5) is 14.5. The van der Waals surface area contributed by atoms with E-state index in [4.69, 9.17) is 10.5 Å². The number of carbonyl (C=O) groups is 1. The molecule has 2 rings (SSSR count). The molecule has 0 heterocycles. The molecule has 2 N–H and O–H groups in total.